The molecule has 2 aliphatic heterocycles. The summed E-state index contributed by atoms with van der Waals surface area (Å²) in [5.41, 5.74) is 2.18. The topological polar surface area (TPSA) is 9.23 Å². The Bertz CT molecular complexity index is 557. The van der Waals surface area contributed by atoms with Gasteiger partial charge in [-0.2, -0.15) is 0 Å². The fourth-order valence-corrected chi connectivity index (χ4v) is 3.90. The average molecular weight is 319 g/mol. The second-order valence-corrected chi connectivity index (χ2v) is 6.86. The van der Waals surface area contributed by atoms with Crippen LogP contribution in [0.25, 0.3) is 0 Å². The minimum Gasteiger partial charge on any atom is -0.497 e. The summed E-state index contributed by atoms with van der Waals surface area (Å²) in [5.74, 6) is 0.981. The van der Waals surface area contributed by atoms with Crippen molar-refractivity contribution in [1.29, 1.82) is 0 Å². The molecule has 0 aliphatic carbocycles. The van der Waals surface area contributed by atoms with E-state index in [9.17, 15) is 17.3 Å². The van der Waals surface area contributed by atoms with E-state index in [1.165, 1.54) is 29.6 Å². The monoisotopic (exact) mass is 319 g/mol. The van der Waals surface area contributed by atoms with E-state index in [1.54, 1.807) is 7.11 Å². The minimum absolute atomic E-state index is 0.302. The lowest BCUT2D eigenvalue weighted by Gasteiger charge is -2.28. The van der Waals surface area contributed by atoms with Crippen LogP contribution in [0.3, 0.4) is 0 Å². The summed E-state index contributed by atoms with van der Waals surface area (Å²) in [6, 6.07) is 8.64. The van der Waals surface area contributed by atoms with Crippen LogP contribution in [-0.2, 0) is 5.41 Å². The van der Waals surface area contributed by atoms with E-state index in [-0.39, 0.29) is 0 Å². The molecule has 0 amide bonds. The van der Waals surface area contributed by atoms with Crippen molar-refractivity contribution in [1.82, 2.24) is 0 Å². The van der Waals surface area contributed by atoms with E-state index >= 15 is 0 Å². The van der Waals surface area contributed by atoms with Gasteiger partial charge in [-0.3, -0.25) is 0 Å². The standard InChI is InChI=1S/C15H22NO.BF4/c1-14(8-9-16(3)11-15(14,16)2)12-6-5-7-13(10-12)17-4;2-1(3,4)5/h5-7,10H,8-9,11H2,1-4H3;/q+1;-1. The second kappa shape index (κ2) is 5.15. The summed E-state index contributed by atoms with van der Waals surface area (Å²) >= 11 is 0. The fourth-order valence-electron chi connectivity index (χ4n) is 3.90. The Morgan fingerprint density at radius 3 is 2.18 bits per heavy atom. The molecule has 3 rings (SSSR count). The Hall–Kier alpha value is -1.24. The highest BCUT2D eigenvalue weighted by Gasteiger charge is 2.76. The molecule has 7 heteroatoms. The van der Waals surface area contributed by atoms with Gasteiger partial charge in [0.15, 0.2) is 5.54 Å². The van der Waals surface area contributed by atoms with Crippen molar-refractivity contribution in [3.8, 4) is 5.75 Å². The Morgan fingerprint density at radius 1 is 1.18 bits per heavy atom. The number of hydrogen-bond donors (Lipinski definition) is 0. The highest BCUT2D eigenvalue weighted by Crippen LogP contribution is 2.61. The van der Waals surface area contributed by atoms with Crippen molar-refractivity contribution in [2.45, 2.75) is 31.2 Å². The van der Waals surface area contributed by atoms with Crippen LogP contribution >= 0.6 is 0 Å². The van der Waals surface area contributed by atoms with Crippen LogP contribution in [0, 0.1) is 0 Å². The number of quaternary nitrogens is 1. The molecule has 2 saturated heterocycles. The average Bonchev–Trinajstić information content (AvgIpc) is 2.92. The number of nitrogens with zero attached hydrogens (tertiary/aromatic N) is 1. The van der Waals surface area contributed by atoms with Crippen molar-refractivity contribution in [2.75, 3.05) is 27.2 Å². The number of piperidine rings is 1. The van der Waals surface area contributed by atoms with E-state index in [2.05, 4.69) is 39.1 Å². The Kier molecular flexibility index (Phi) is 4.01. The van der Waals surface area contributed by atoms with Gasteiger partial charge in [0.2, 0.25) is 0 Å². The van der Waals surface area contributed by atoms with Crippen molar-refractivity contribution in [2.24, 2.45) is 0 Å². The maximum atomic E-state index is 9.75. The van der Waals surface area contributed by atoms with Gasteiger partial charge < -0.3 is 26.5 Å². The molecule has 2 fully saturated rings. The number of hydrogen-bond acceptors (Lipinski definition) is 1. The van der Waals surface area contributed by atoms with Gasteiger partial charge in [-0.05, 0) is 31.5 Å². The smallest absolute Gasteiger partial charge is 0.497 e. The molecule has 2 aliphatic rings. The van der Waals surface area contributed by atoms with E-state index < -0.39 is 7.25 Å². The number of benzene rings is 1. The first-order valence-corrected chi connectivity index (χ1v) is 7.32. The molecule has 1 aromatic carbocycles. The largest absolute Gasteiger partial charge is 0.673 e. The zero-order valence-electron chi connectivity index (χ0n) is 13.4. The lowest BCUT2D eigenvalue weighted by molar-refractivity contribution is -0.796. The number of methoxy groups -OCH3 is 1. The van der Waals surface area contributed by atoms with Gasteiger partial charge in [-0.25, -0.2) is 0 Å². The highest BCUT2D eigenvalue weighted by molar-refractivity contribution is 6.50. The van der Waals surface area contributed by atoms with Crippen LogP contribution in [0.5, 0.6) is 5.75 Å². The predicted octanol–water partition coefficient (Wildman–Crippen LogP) is 3.88. The van der Waals surface area contributed by atoms with Gasteiger partial charge >= 0.3 is 7.25 Å². The molecule has 0 saturated carbocycles. The maximum Gasteiger partial charge on any atom is 0.673 e. The number of likely N-dealkylation sites (N-methyl/N-ethyl adjacent to an activating group) is 1. The molecular formula is C15H22BF4NO. The summed E-state index contributed by atoms with van der Waals surface area (Å²) in [7, 11) is -1.86. The van der Waals surface area contributed by atoms with Crippen molar-refractivity contribution < 1.29 is 26.5 Å². The SMILES string of the molecule is COc1cccc(C2(C)CC[N+]3(C)CC23C)c1.F[B-](F)(F)F. The normalized spacial score (nSPS) is 36.2. The molecule has 0 aromatic heterocycles. The van der Waals surface area contributed by atoms with Gasteiger partial charge in [-0.15, -0.1) is 0 Å². The quantitative estimate of drug-likeness (QED) is 0.348. The van der Waals surface area contributed by atoms with Gasteiger partial charge in [0.05, 0.1) is 26.1 Å². The molecule has 3 unspecified atom stereocenters. The molecule has 0 bridgehead atoms. The molecule has 2 nitrogen and oxygen atoms in total. The zero-order chi connectivity index (χ0) is 16.8. The van der Waals surface area contributed by atoms with Gasteiger partial charge in [0, 0.05) is 6.42 Å². The van der Waals surface area contributed by atoms with Gasteiger partial charge in [-0.1, -0.05) is 12.1 Å². The molecule has 2 heterocycles. The Morgan fingerprint density at radius 2 is 1.77 bits per heavy atom. The molecule has 22 heavy (non-hydrogen) atoms. The number of fused-ring (bicyclic) bond motifs is 1. The first-order valence-electron chi connectivity index (χ1n) is 7.32. The number of halogens is 4. The molecule has 1 aromatic rings. The molecule has 0 radical (unpaired) electrons. The highest BCUT2D eigenvalue weighted by atomic mass is 19.5. The molecule has 124 valence electrons. The first kappa shape index (κ1) is 17.1. The summed E-state index contributed by atoms with van der Waals surface area (Å²) in [6.07, 6.45) is 1.28. The van der Waals surface area contributed by atoms with Crippen LogP contribution in [-0.4, -0.2) is 44.5 Å². The number of ether oxygens (including phenoxy) is 1. The van der Waals surface area contributed by atoms with E-state index in [0.29, 0.717) is 11.0 Å². The third-order valence-electron chi connectivity index (χ3n) is 5.75. The van der Waals surface area contributed by atoms with E-state index in [1.807, 2.05) is 6.07 Å². The van der Waals surface area contributed by atoms with Crippen molar-refractivity contribution in [3.63, 3.8) is 0 Å². The Labute approximate surface area is 128 Å². The summed E-state index contributed by atoms with van der Waals surface area (Å²) < 4.78 is 45.6. The third kappa shape index (κ3) is 2.83. The molecule has 3 atom stereocenters. The van der Waals surface area contributed by atoms with E-state index in [4.69, 9.17) is 4.74 Å². The van der Waals surface area contributed by atoms with Crippen molar-refractivity contribution >= 4 is 7.25 Å². The van der Waals surface area contributed by atoms with Gasteiger partial charge in [0.25, 0.3) is 0 Å². The second-order valence-electron chi connectivity index (χ2n) is 6.86. The predicted molar refractivity (Wildman–Crippen MR) is 79.5 cm³/mol. The van der Waals surface area contributed by atoms with Crippen LogP contribution in [0.1, 0.15) is 25.8 Å². The van der Waals surface area contributed by atoms with Crippen LogP contribution in [0.4, 0.5) is 17.3 Å². The number of rotatable bonds is 2. The van der Waals surface area contributed by atoms with Crippen LogP contribution in [0.2, 0.25) is 0 Å². The summed E-state index contributed by atoms with van der Waals surface area (Å²) in [6.45, 7) is 7.50. The third-order valence-corrected chi connectivity index (χ3v) is 5.75. The van der Waals surface area contributed by atoms with Gasteiger partial charge in [0.1, 0.15) is 12.3 Å². The molecular weight excluding hydrogens is 297 g/mol. The minimum atomic E-state index is -6.00. The van der Waals surface area contributed by atoms with Crippen LogP contribution in [0.15, 0.2) is 24.3 Å². The first-order chi connectivity index (χ1) is 9.95. The maximum absolute atomic E-state index is 9.75. The summed E-state index contributed by atoms with van der Waals surface area (Å²) in [5, 5.41) is 0. The fraction of sp³-hybridized carbons (Fsp3) is 0.600. The molecule has 0 N–H and O–H groups in total. The lowest BCUT2D eigenvalue weighted by Crippen LogP contribution is -2.37. The summed E-state index contributed by atoms with van der Waals surface area (Å²) in [4.78, 5) is 0. The van der Waals surface area contributed by atoms with Crippen molar-refractivity contribution in [3.05, 3.63) is 29.8 Å². The zero-order valence-corrected chi connectivity index (χ0v) is 13.4. The molecule has 0 spiro atoms. The van der Waals surface area contributed by atoms with Crippen LogP contribution < -0.4 is 4.74 Å². The van der Waals surface area contributed by atoms with E-state index in [0.717, 1.165) is 5.75 Å². The Balaban J connectivity index is 0.000000309. The lowest BCUT2D eigenvalue weighted by atomic mass is 9.71.